The van der Waals surface area contributed by atoms with E-state index in [0.29, 0.717) is 0 Å². The first-order chi connectivity index (χ1) is 7.15. The van der Waals surface area contributed by atoms with Gasteiger partial charge in [-0.05, 0) is 6.42 Å². The Morgan fingerprint density at radius 1 is 1.38 bits per heavy atom. The van der Waals surface area contributed by atoms with Crippen molar-refractivity contribution in [2.24, 2.45) is 5.92 Å². The van der Waals surface area contributed by atoms with Crippen molar-refractivity contribution < 1.29 is 38.9 Å². The van der Waals surface area contributed by atoms with Crippen molar-refractivity contribution in [3.05, 3.63) is 0 Å². The number of aliphatic carboxylic acids is 2. The summed E-state index contributed by atoms with van der Waals surface area (Å²) in [6.07, 6.45) is -0.291. The van der Waals surface area contributed by atoms with Crippen molar-refractivity contribution in [2.45, 2.75) is 18.7 Å². The smallest absolute Gasteiger partial charge is 0.369 e. The Morgan fingerprint density at radius 2 is 1.81 bits per heavy atom. The molecule has 0 saturated carbocycles. The summed E-state index contributed by atoms with van der Waals surface area (Å²) in [5.74, 6) is -5.48. The minimum Gasteiger partial charge on any atom is -0.481 e. The molecule has 0 aliphatic carbocycles. The molecule has 4 N–H and O–H groups in total. The third-order valence-corrected chi connectivity index (χ3v) is 3.78. The maximum absolute atomic E-state index is 11.2. The van der Waals surface area contributed by atoms with Crippen LogP contribution in [-0.4, -0.2) is 44.4 Å². The van der Waals surface area contributed by atoms with E-state index in [-0.39, 0.29) is 6.42 Å². The van der Waals surface area contributed by atoms with E-state index in [0.717, 1.165) is 7.11 Å². The minimum atomic E-state index is -5.29. The second-order valence-electron chi connectivity index (χ2n) is 3.05. The number of hydrogen-bond donors (Lipinski definition) is 4. The minimum absolute atomic E-state index is 0.291. The number of ether oxygens (including phenoxy) is 1. The second-order valence-corrected chi connectivity index (χ2v) is 4.80. The zero-order valence-corrected chi connectivity index (χ0v) is 9.55. The standard InChI is InChI=1S/C7H13O8P/c1-3-4(5(8)9)7(15-2,6(10)11)16(12,13)14/h4H,3H2,1-2H3,(H,8,9)(H,10,11)(H2,12,13,14). The first-order valence-electron chi connectivity index (χ1n) is 4.22. The first-order valence-corrected chi connectivity index (χ1v) is 5.83. The molecule has 94 valence electrons. The summed E-state index contributed by atoms with van der Waals surface area (Å²) in [5, 5.41) is 14.5. The van der Waals surface area contributed by atoms with Gasteiger partial charge in [-0.3, -0.25) is 9.36 Å². The van der Waals surface area contributed by atoms with Gasteiger partial charge in [0.15, 0.2) is 0 Å². The average Bonchev–Trinajstić information content (AvgIpc) is 2.10. The average molecular weight is 256 g/mol. The van der Waals surface area contributed by atoms with Crippen LogP contribution in [0.25, 0.3) is 0 Å². The van der Waals surface area contributed by atoms with Gasteiger partial charge in [-0.15, -0.1) is 0 Å². The summed E-state index contributed by atoms with van der Waals surface area (Å²) >= 11 is 0. The molecule has 0 rings (SSSR count). The van der Waals surface area contributed by atoms with E-state index in [1.165, 1.54) is 6.92 Å². The number of carboxylic acids is 2. The maximum Gasteiger partial charge on any atom is 0.369 e. The summed E-state index contributed by atoms with van der Waals surface area (Å²) in [6, 6.07) is 0. The van der Waals surface area contributed by atoms with E-state index < -0.39 is 30.8 Å². The summed E-state index contributed by atoms with van der Waals surface area (Å²) in [6.45, 7) is 1.30. The number of carbonyl (C=O) groups is 2. The van der Waals surface area contributed by atoms with Crippen LogP contribution in [0.1, 0.15) is 13.3 Å². The molecular weight excluding hydrogens is 243 g/mol. The van der Waals surface area contributed by atoms with Crippen molar-refractivity contribution in [3.8, 4) is 0 Å². The Labute approximate surface area is 91.0 Å². The van der Waals surface area contributed by atoms with Crippen LogP contribution in [0.5, 0.6) is 0 Å². The van der Waals surface area contributed by atoms with Gasteiger partial charge in [0.25, 0.3) is 5.34 Å². The Hall–Kier alpha value is -0.950. The maximum atomic E-state index is 11.2. The van der Waals surface area contributed by atoms with Gasteiger partial charge in [-0.2, -0.15) is 0 Å². The van der Waals surface area contributed by atoms with Crippen molar-refractivity contribution in [3.63, 3.8) is 0 Å². The highest BCUT2D eigenvalue weighted by atomic mass is 31.2. The molecule has 0 fully saturated rings. The summed E-state index contributed by atoms with van der Waals surface area (Å²) < 4.78 is 15.5. The molecule has 0 spiro atoms. The summed E-state index contributed by atoms with van der Waals surface area (Å²) in [4.78, 5) is 39.7. The highest BCUT2D eigenvalue weighted by Crippen LogP contribution is 2.56. The second kappa shape index (κ2) is 4.92. The zero-order chi connectivity index (χ0) is 13.1. The number of rotatable bonds is 6. The largest absolute Gasteiger partial charge is 0.481 e. The Balaban J connectivity index is 5.82. The van der Waals surface area contributed by atoms with Crippen LogP contribution in [0.4, 0.5) is 0 Å². The van der Waals surface area contributed by atoms with Gasteiger partial charge in [-0.25, -0.2) is 4.79 Å². The number of methoxy groups -OCH3 is 1. The fraction of sp³-hybridized carbons (Fsp3) is 0.714. The summed E-state index contributed by atoms with van der Waals surface area (Å²) in [7, 11) is -4.54. The summed E-state index contributed by atoms with van der Waals surface area (Å²) in [5.41, 5.74) is 0. The highest BCUT2D eigenvalue weighted by molar-refractivity contribution is 7.54. The molecule has 9 heteroatoms. The van der Waals surface area contributed by atoms with E-state index >= 15 is 0 Å². The fourth-order valence-electron chi connectivity index (χ4n) is 1.44. The van der Waals surface area contributed by atoms with Gasteiger partial charge in [0.2, 0.25) is 0 Å². The Morgan fingerprint density at radius 3 is 1.88 bits per heavy atom. The van der Waals surface area contributed by atoms with Crippen LogP contribution in [0.3, 0.4) is 0 Å². The fourth-order valence-corrected chi connectivity index (χ4v) is 2.63. The van der Waals surface area contributed by atoms with Crippen LogP contribution in [-0.2, 0) is 18.9 Å². The molecule has 0 bridgehead atoms. The van der Waals surface area contributed by atoms with Gasteiger partial charge in [0.05, 0.1) is 0 Å². The highest BCUT2D eigenvalue weighted by Gasteiger charge is 2.62. The van der Waals surface area contributed by atoms with Crippen LogP contribution in [0.2, 0.25) is 0 Å². The third kappa shape index (κ3) is 2.25. The first kappa shape index (κ1) is 15.0. The van der Waals surface area contributed by atoms with Gasteiger partial charge in [-0.1, -0.05) is 6.92 Å². The lowest BCUT2D eigenvalue weighted by Crippen LogP contribution is -2.50. The van der Waals surface area contributed by atoms with Crippen LogP contribution >= 0.6 is 7.60 Å². The van der Waals surface area contributed by atoms with Gasteiger partial charge < -0.3 is 24.7 Å². The van der Waals surface area contributed by atoms with E-state index in [2.05, 4.69) is 4.74 Å². The zero-order valence-electron chi connectivity index (χ0n) is 8.65. The number of hydrogen-bond acceptors (Lipinski definition) is 4. The molecule has 0 aromatic carbocycles. The molecule has 0 aliphatic rings. The lowest BCUT2D eigenvalue weighted by Gasteiger charge is -2.32. The van der Waals surface area contributed by atoms with E-state index in [9.17, 15) is 14.2 Å². The van der Waals surface area contributed by atoms with Crippen LogP contribution < -0.4 is 0 Å². The molecule has 8 nitrogen and oxygen atoms in total. The molecule has 0 saturated heterocycles. The topological polar surface area (TPSA) is 141 Å². The van der Waals surface area contributed by atoms with E-state index in [1.54, 1.807) is 0 Å². The normalized spacial score (nSPS) is 17.5. The van der Waals surface area contributed by atoms with Crippen molar-refractivity contribution >= 4 is 19.5 Å². The molecule has 0 aromatic rings. The molecular formula is C7H13O8P. The molecule has 0 amide bonds. The lowest BCUT2D eigenvalue weighted by atomic mass is 9.99. The molecule has 16 heavy (non-hydrogen) atoms. The SMILES string of the molecule is CCC(C(=O)O)C(OC)(C(=O)O)P(=O)(O)O. The monoisotopic (exact) mass is 256 g/mol. The van der Waals surface area contributed by atoms with Crippen LogP contribution in [0.15, 0.2) is 0 Å². The molecule has 2 unspecified atom stereocenters. The van der Waals surface area contributed by atoms with E-state index in [1.807, 2.05) is 0 Å². The Bertz CT molecular complexity index is 333. The van der Waals surface area contributed by atoms with Crippen molar-refractivity contribution in [2.75, 3.05) is 7.11 Å². The molecule has 0 radical (unpaired) electrons. The predicted molar refractivity (Wildman–Crippen MR) is 50.8 cm³/mol. The van der Waals surface area contributed by atoms with Gasteiger partial charge in [0.1, 0.15) is 5.92 Å². The van der Waals surface area contributed by atoms with Crippen molar-refractivity contribution in [1.29, 1.82) is 0 Å². The molecule has 0 aromatic heterocycles. The Kier molecular flexibility index (Phi) is 4.63. The molecule has 2 atom stereocenters. The van der Waals surface area contributed by atoms with Crippen LogP contribution in [0, 0.1) is 5.92 Å². The van der Waals surface area contributed by atoms with Gasteiger partial charge in [0, 0.05) is 7.11 Å². The molecule has 0 heterocycles. The third-order valence-electron chi connectivity index (χ3n) is 2.23. The predicted octanol–water partition coefficient (Wildman–Crippen LogP) is -0.298. The van der Waals surface area contributed by atoms with E-state index in [4.69, 9.17) is 20.0 Å². The molecule has 0 aliphatic heterocycles. The lowest BCUT2D eigenvalue weighted by molar-refractivity contribution is -0.169. The van der Waals surface area contributed by atoms with Gasteiger partial charge >= 0.3 is 19.5 Å². The quantitative estimate of drug-likeness (QED) is 0.474. The van der Waals surface area contributed by atoms with Crippen molar-refractivity contribution in [1.82, 2.24) is 0 Å². The number of carboxylic acid groups (broad SMARTS) is 2.